The second-order valence-corrected chi connectivity index (χ2v) is 4.98. The Morgan fingerprint density at radius 2 is 1.89 bits per heavy atom. The molecule has 1 heterocycles. The number of piperidine rings is 1. The lowest BCUT2D eigenvalue weighted by atomic mass is 9.88. The van der Waals surface area contributed by atoms with E-state index >= 15 is 0 Å². The van der Waals surface area contributed by atoms with E-state index in [0.717, 1.165) is 31.5 Å². The first-order valence-corrected chi connectivity index (χ1v) is 6.71. The van der Waals surface area contributed by atoms with Gasteiger partial charge in [0, 0.05) is 5.56 Å². The smallest absolute Gasteiger partial charge is 0.173 e. The minimum Gasteiger partial charge on any atom is -0.493 e. The molecule has 0 aromatic heterocycles. The summed E-state index contributed by atoms with van der Waals surface area (Å²) in [5.41, 5.74) is 1.37. The number of hydrogen-bond donors (Lipinski definition) is 1. The third kappa shape index (κ3) is 2.69. The van der Waals surface area contributed by atoms with Crippen LogP contribution < -0.4 is 14.8 Å². The predicted octanol–water partition coefficient (Wildman–Crippen LogP) is 2.64. The van der Waals surface area contributed by atoms with Gasteiger partial charge in [0.25, 0.3) is 0 Å². The molecule has 1 N–H and O–H groups in total. The standard InChI is InChI=1S/C14H18ClNO3/c1-18-13-10(9-3-5-16-6-4-9)7-12(15)11(8-17)14(13)19-2/h7-9,16H,3-6H2,1-2H3. The summed E-state index contributed by atoms with van der Waals surface area (Å²) in [5.74, 6) is 1.43. The Morgan fingerprint density at radius 3 is 2.42 bits per heavy atom. The van der Waals surface area contributed by atoms with E-state index in [2.05, 4.69) is 5.32 Å². The van der Waals surface area contributed by atoms with Crippen LogP contribution in [0.2, 0.25) is 5.02 Å². The van der Waals surface area contributed by atoms with Crippen molar-refractivity contribution in [2.45, 2.75) is 18.8 Å². The monoisotopic (exact) mass is 283 g/mol. The molecular formula is C14H18ClNO3. The third-order valence-electron chi connectivity index (χ3n) is 3.56. The van der Waals surface area contributed by atoms with Gasteiger partial charge in [-0.05, 0) is 37.9 Å². The Bertz CT molecular complexity index is 470. The van der Waals surface area contributed by atoms with Crippen molar-refractivity contribution in [2.24, 2.45) is 0 Å². The fourth-order valence-corrected chi connectivity index (χ4v) is 2.85. The third-order valence-corrected chi connectivity index (χ3v) is 3.87. The Hall–Kier alpha value is -1.26. The minimum atomic E-state index is 0.346. The highest BCUT2D eigenvalue weighted by Gasteiger charge is 2.25. The fourth-order valence-electron chi connectivity index (χ4n) is 2.60. The molecule has 0 amide bonds. The van der Waals surface area contributed by atoms with Crippen molar-refractivity contribution >= 4 is 17.9 Å². The number of nitrogens with one attached hydrogen (secondary N) is 1. The molecule has 2 rings (SSSR count). The van der Waals surface area contributed by atoms with Gasteiger partial charge in [-0.3, -0.25) is 4.79 Å². The van der Waals surface area contributed by atoms with Crippen molar-refractivity contribution in [2.75, 3.05) is 27.3 Å². The molecule has 0 aliphatic carbocycles. The summed E-state index contributed by atoms with van der Waals surface area (Å²) in [7, 11) is 3.11. The van der Waals surface area contributed by atoms with Crippen LogP contribution in [0.3, 0.4) is 0 Å². The molecule has 1 aliphatic rings. The average molecular weight is 284 g/mol. The molecule has 0 radical (unpaired) electrons. The topological polar surface area (TPSA) is 47.6 Å². The number of carbonyl (C=O) groups is 1. The summed E-state index contributed by atoms with van der Waals surface area (Å²) in [6, 6.07) is 1.84. The molecular weight excluding hydrogens is 266 g/mol. The van der Waals surface area contributed by atoms with Crippen LogP contribution in [0.1, 0.15) is 34.7 Å². The van der Waals surface area contributed by atoms with Crippen molar-refractivity contribution in [3.8, 4) is 11.5 Å². The van der Waals surface area contributed by atoms with Gasteiger partial charge in [-0.15, -0.1) is 0 Å². The van der Waals surface area contributed by atoms with Crippen LogP contribution in [0.15, 0.2) is 6.07 Å². The molecule has 0 bridgehead atoms. The number of ether oxygens (including phenoxy) is 2. The van der Waals surface area contributed by atoms with Crippen molar-refractivity contribution in [3.05, 3.63) is 22.2 Å². The Morgan fingerprint density at radius 1 is 1.26 bits per heavy atom. The molecule has 4 nitrogen and oxygen atoms in total. The zero-order valence-electron chi connectivity index (χ0n) is 11.2. The first-order chi connectivity index (χ1) is 9.22. The van der Waals surface area contributed by atoms with E-state index < -0.39 is 0 Å². The van der Waals surface area contributed by atoms with Crippen LogP contribution in [-0.2, 0) is 0 Å². The van der Waals surface area contributed by atoms with Crippen LogP contribution >= 0.6 is 11.6 Å². The molecule has 0 spiro atoms. The number of carbonyl (C=O) groups excluding carboxylic acids is 1. The van der Waals surface area contributed by atoms with Gasteiger partial charge in [-0.25, -0.2) is 0 Å². The lowest BCUT2D eigenvalue weighted by Gasteiger charge is -2.26. The molecule has 104 valence electrons. The maximum Gasteiger partial charge on any atom is 0.173 e. The number of benzene rings is 1. The quantitative estimate of drug-likeness (QED) is 0.863. The van der Waals surface area contributed by atoms with Gasteiger partial charge in [-0.1, -0.05) is 11.6 Å². The van der Waals surface area contributed by atoms with Crippen molar-refractivity contribution in [3.63, 3.8) is 0 Å². The van der Waals surface area contributed by atoms with Crippen molar-refractivity contribution < 1.29 is 14.3 Å². The van der Waals surface area contributed by atoms with Gasteiger partial charge in [0.1, 0.15) is 0 Å². The minimum absolute atomic E-state index is 0.346. The van der Waals surface area contributed by atoms with Crippen LogP contribution in [0.25, 0.3) is 0 Å². The summed E-state index contributed by atoms with van der Waals surface area (Å²) < 4.78 is 10.8. The molecule has 1 aliphatic heterocycles. The van der Waals surface area contributed by atoms with Crippen LogP contribution in [0.4, 0.5) is 0 Å². The van der Waals surface area contributed by atoms with E-state index in [9.17, 15) is 4.79 Å². The molecule has 1 saturated heterocycles. The summed E-state index contributed by atoms with van der Waals surface area (Å²) in [4.78, 5) is 11.1. The van der Waals surface area contributed by atoms with Gasteiger partial charge in [-0.2, -0.15) is 0 Å². The highest BCUT2D eigenvalue weighted by molar-refractivity contribution is 6.33. The first kappa shape index (κ1) is 14.2. The molecule has 5 heteroatoms. The number of aldehydes is 1. The SMILES string of the molecule is COc1c(C2CCNCC2)cc(Cl)c(C=O)c1OC. The van der Waals surface area contributed by atoms with Crippen LogP contribution in [0, 0.1) is 0 Å². The van der Waals surface area contributed by atoms with Crippen LogP contribution in [0.5, 0.6) is 11.5 Å². The molecule has 19 heavy (non-hydrogen) atoms. The lowest BCUT2D eigenvalue weighted by molar-refractivity contribution is 0.112. The van der Waals surface area contributed by atoms with E-state index in [-0.39, 0.29) is 0 Å². The van der Waals surface area contributed by atoms with Gasteiger partial charge in [0.05, 0.1) is 24.8 Å². The molecule has 0 saturated carbocycles. The highest BCUT2D eigenvalue weighted by Crippen LogP contribution is 2.43. The second kappa shape index (κ2) is 6.26. The van der Waals surface area contributed by atoms with Crippen LogP contribution in [-0.4, -0.2) is 33.6 Å². The van der Waals surface area contributed by atoms with Crippen molar-refractivity contribution in [1.82, 2.24) is 5.32 Å². The highest BCUT2D eigenvalue weighted by atomic mass is 35.5. The number of hydrogen-bond acceptors (Lipinski definition) is 4. The summed E-state index contributed by atoms with van der Waals surface area (Å²) in [6.07, 6.45) is 2.75. The summed E-state index contributed by atoms with van der Waals surface area (Å²) in [5, 5.41) is 3.74. The van der Waals surface area contributed by atoms with E-state index in [1.54, 1.807) is 7.11 Å². The summed E-state index contributed by atoms with van der Waals surface area (Å²) in [6.45, 7) is 1.95. The molecule has 1 aromatic carbocycles. The Balaban J connectivity index is 2.53. The molecule has 1 aromatic rings. The Kier molecular flexibility index (Phi) is 4.66. The molecule has 0 unspecified atom stereocenters. The van der Waals surface area contributed by atoms with E-state index in [4.69, 9.17) is 21.1 Å². The number of halogens is 1. The normalized spacial score (nSPS) is 16.2. The lowest BCUT2D eigenvalue weighted by Crippen LogP contribution is -2.27. The largest absolute Gasteiger partial charge is 0.493 e. The number of methoxy groups -OCH3 is 2. The first-order valence-electron chi connectivity index (χ1n) is 6.33. The second-order valence-electron chi connectivity index (χ2n) is 4.57. The van der Waals surface area contributed by atoms with Gasteiger partial charge in [0.15, 0.2) is 17.8 Å². The maximum atomic E-state index is 11.1. The fraction of sp³-hybridized carbons (Fsp3) is 0.500. The van der Waals surface area contributed by atoms with Crippen molar-refractivity contribution in [1.29, 1.82) is 0 Å². The van der Waals surface area contributed by atoms with Gasteiger partial charge >= 0.3 is 0 Å². The predicted molar refractivity (Wildman–Crippen MR) is 74.8 cm³/mol. The Labute approximate surface area is 118 Å². The molecule has 0 atom stereocenters. The maximum absolute atomic E-state index is 11.1. The summed E-state index contributed by atoms with van der Waals surface area (Å²) >= 11 is 6.18. The zero-order chi connectivity index (χ0) is 13.8. The average Bonchev–Trinajstić information content (AvgIpc) is 2.46. The molecule has 1 fully saturated rings. The van der Waals surface area contributed by atoms with E-state index in [1.165, 1.54) is 7.11 Å². The number of rotatable bonds is 4. The van der Waals surface area contributed by atoms with Gasteiger partial charge in [0.2, 0.25) is 0 Å². The van der Waals surface area contributed by atoms with E-state index in [0.29, 0.717) is 34.3 Å². The zero-order valence-corrected chi connectivity index (χ0v) is 11.9. The van der Waals surface area contributed by atoms with Gasteiger partial charge < -0.3 is 14.8 Å². The van der Waals surface area contributed by atoms with E-state index in [1.807, 2.05) is 6.07 Å².